The third-order valence-corrected chi connectivity index (χ3v) is 3.93. The molecule has 1 aliphatic rings. The van der Waals surface area contributed by atoms with E-state index in [9.17, 15) is 5.11 Å². The van der Waals surface area contributed by atoms with Gasteiger partial charge in [0.25, 0.3) is 0 Å². The molecule has 0 heterocycles. The fourth-order valence-electron chi connectivity index (χ4n) is 2.45. The van der Waals surface area contributed by atoms with Crippen LogP contribution in [0.3, 0.4) is 0 Å². The Bertz CT molecular complexity index is 466. The van der Waals surface area contributed by atoms with Gasteiger partial charge in [0.2, 0.25) is 0 Å². The summed E-state index contributed by atoms with van der Waals surface area (Å²) >= 11 is 0. The molecule has 1 aromatic rings. The molecular weight excluding hydrogens is 224 g/mol. The molecule has 0 aliphatic heterocycles. The predicted molar refractivity (Wildman–Crippen MR) is 74.8 cm³/mol. The molecule has 2 heteroatoms. The Morgan fingerprint density at radius 1 is 1.33 bits per heavy atom. The molecular formula is C16H22O2. The Kier molecular flexibility index (Phi) is 3.49. The lowest BCUT2D eigenvalue weighted by atomic mass is 9.78. The van der Waals surface area contributed by atoms with Crippen molar-refractivity contribution < 1.29 is 9.84 Å². The number of rotatable bonds is 3. The highest BCUT2D eigenvalue weighted by atomic mass is 16.5. The van der Waals surface area contributed by atoms with E-state index in [4.69, 9.17) is 4.74 Å². The number of benzene rings is 1. The lowest BCUT2D eigenvalue weighted by molar-refractivity contribution is 0.0477. The fourth-order valence-corrected chi connectivity index (χ4v) is 2.45. The van der Waals surface area contributed by atoms with Crippen molar-refractivity contribution >= 4 is 5.57 Å². The summed E-state index contributed by atoms with van der Waals surface area (Å²) in [6.07, 6.45) is 4.38. The summed E-state index contributed by atoms with van der Waals surface area (Å²) in [5.74, 6) is 0.994. The van der Waals surface area contributed by atoms with Gasteiger partial charge >= 0.3 is 0 Å². The van der Waals surface area contributed by atoms with Gasteiger partial charge in [-0.05, 0) is 55.5 Å². The summed E-state index contributed by atoms with van der Waals surface area (Å²) in [6.45, 7) is 5.82. The van der Waals surface area contributed by atoms with Crippen molar-refractivity contribution in [2.45, 2.75) is 39.2 Å². The van der Waals surface area contributed by atoms with Crippen LogP contribution in [0, 0.1) is 5.92 Å². The minimum atomic E-state index is -0.705. The normalized spacial score (nSPS) is 16.8. The van der Waals surface area contributed by atoms with Crippen LogP contribution in [0.4, 0.5) is 0 Å². The van der Waals surface area contributed by atoms with Gasteiger partial charge in [0.15, 0.2) is 0 Å². The topological polar surface area (TPSA) is 29.5 Å². The first-order valence-electron chi connectivity index (χ1n) is 6.53. The van der Waals surface area contributed by atoms with E-state index in [2.05, 4.69) is 25.1 Å². The molecule has 1 unspecified atom stereocenters. The van der Waals surface area contributed by atoms with E-state index < -0.39 is 5.60 Å². The largest absolute Gasteiger partial charge is 0.497 e. The average molecular weight is 246 g/mol. The molecule has 0 aromatic heterocycles. The minimum Gasteiger partial charge on any atom is -0.497 e. The fraction of sp³-hybridized carbons (Fsp3) is 0.500. The van der Waals surface area contributed by atoms with E-state index in [-0.39, 0.29) is 5.92 Å². The Balaban J connectivity index is 2.44. The maximum absolute atomic E-state index is 10.2. The predicted octanol–water partition coefficient (Wildman–Crippen LogP) is 3.43. The maximum Gasteiger partial charge on any atom is 0.119 e. The van der Waals surface area contributed by atoms with Gasteiger partial charge in [-0.2, -0.15) is 0 Å². The number of allylic oxidation sites excluding steroid dienone is 1. The molecule has 1 N–H and O–H groups in total. The third kappa shape index (κ3) is 2.44. The van der Waals surface area contributed by atoms with Gasteiger partial charge in [0.1, 0.15) is 5.75 Å². The zero-order valence-electron chi connectivity index (χ0n) is 11.7. The summed E-state index contributed by atoms with van der Waals surface area (Å²) < 4.78 is 5.30. The van der Waals surface area contributed by atoms with Crippen LogP contribution in [0.25, 0.3) is 5.57 Å². The Morgan fingerprint density at radius 3 is 2.67 bits per heavy atom. The Morgan fingerprint density at radius 2 is 2.06 bits per heavy atom. The van der Waals surface area contributed by atoms with Gasteiger partial charge in [0, 0.05) is 5.92 Å². The van der Waals surface area contributed by atoms with Crippen LogP contribution in [0.5, 0.6) is 5.75 Å². The highest BCUT2D eigenvalue weighted by molar-refractivity contribution is 5.73. The van der Waals surface area contributed by atoms with Crippen LogP contribution < -0.4 is 4.74 Å². The average Bonchev–Trinajstić information content (AvgIpc) is 2.35. The van der Waals surface area contributed by atoms with E-state index in [1.807, 2.05) is 19.9 Å². The molecule has 0 spiro atoms. The van der Waals surface area contributed by atoms with Crippen molar-refractivity contribution in [2.75, 3.05) is 7.11 Å². The Labute approximate surface area is 109 Å². The molecule has 0 bridgehead atoms. The van der Waals surface area contributed by atoms with Crippen LogP contribution in [-0.2, 0) is 6.42 Å². The molecule has 0 saturated carbocycles. The van der Waals surface area contributed by atoms with Crippen molar-refractivity contribution in [3.8, 4) is 5.75 Å². The summed E-state index contributed by atoms with van der Waals surface area (Å²) in [4.78, 5) is 0. The molecule has 0 radical (unpaired) electrons. The van der Waals surface area contributed by atoms with E-state index in [0.717, 1.165) is 18.6 Å². The number of ether oxygens (including phenoxy) is 1. The number of methoxy groups -OCH3 is 1. The van der Waals surface area contributed by atoms with Crippen molar-refractivity contribution in [3.63, 3.8) is 0 Å². The molecule has 98 valence electrons. The summed E-state index contributed by atoms with van der Waals surface area (Å²) in [7, 11) is 1.69. The molecule has 2 rings (SSSR count). The van der Waals surface area contributed by atoms with Crippen LogP contribution in [0.1, 0.15) is 38.3 Å². The van der Waals surface area contributed by atoms with Crippen LogP contribution in [-0.4, -0.2) is 17.8 Å². The number of aryl methyl sites for hydroxylation is 1. The molecule has 1 atom stereocenters. The van der Waals surface area contributed by atoms with Crippen molar-refractivity contribution in [1.82, 2.24) is 0 Å². The summed E-state index contributed by atoms with van der Waals surface area (Å²) in [6, 6.07) is 6.23. The molecule has 2 nitrogen and oxygen atoms in total. The molecule has 18 heavy (non-hydrogen) atoms. The van der Waals surface area contributed by atoms with Crippen LogP contribution >= 0.6 is 0 Å². The van der Waals surface area contributed by atoms with Crippen LogP contribution in [0.15, 0.2) is 24.3 Å². The van der Waals surface area contributed by atoms with Gasteiger partial charge in [0.05, 0.1) is 12.7 Å². The first-order valence-corrected chi connectivity index (χ1v) is 6.53. The summed E-state index contributed by atoms with van der Waals surface area (Å²) in [5, 5.41) is 10.2. The lowest BCUT2D eigenvalue weighted by Gasteiger charge is -2.31. The second kappa shape index (κ2) is 4.77. The zero-order valence-corrected chi connectivity index (χ0v) is 11.7. The van der Waals surface area contributed by atoms with E-state index in [1.165, 1.54) is 16.7 Å². The number of hydrogen-bond acceptors (Lipinski definition) is 2. The van der Waals surface area contributed by atoms with Gasteiger partial charge in [-0.15, -0.1) is 0 Å². The first kappa shape index (κ1) is 13.2. The first-order chi connectivity index (χ1) is 8.43. The highest BCUT2D eigenvalue weighted by Gasteiger charge is 2.28. The second-order valence-electron chi connectivity index (χ2n) is 5.60. The van der Waals surface area contributed by atoms with E-state index in [0.29, 0.717) is 0 Å². The van der Waals surface area contributed by atoms with Crippen molar-refractivity contribution in [2.24, 2.45) is 5.92 Å². The lowest BCUT2D eigenvalue weighted by Crippen LogP contribution is -2.30. The summed E-state index contributed by atoms with van der Waals surface area (Å²) in [5.41, 5.74) is 3.12. The SMILES string of the molecule is COc1ccc2c(c1)C(C(C)C(C)(C)O)=CCC2. The number of hydrogen-bond donors (Lipinski definition) is 1. The zero-order chi connectivity index (χ0) is 13.3. The molecule has 0 saturated heterocycles. The standard InChI is InChI=1S/C16H22O2/c1-11(16(2,3)17)14-7-5-6-12-8-9-13(18-4)10-15(12)14/h7-11,17H,5-6H2,1-4H3. The smallest absolute Gasteiger partial charge is 0.119 e. The maximum atomic E-state index is 10.2. The van der Waals surface area contributed by atoms with Crippen molar-refractivity contribution in [1.29, 1.82) is 0 Å². The second-order valence-corrected chi connectivity index (χ2v) is 5.60. The minimum absolute atomic E-state index is 0.114. The van der Waals surface area contributed by atoms with Gasteiger partial charge in [-0.25, -0.2) is 0 Å². The third-order valence-electron chi connectivity index (χ3n) is 3.93. The van der Waals surface area contributed by atoms with Gasteiger partial charge in [-0.3, -0.25) is 0 Å². The van der Waals surface area contributed by atoms with E-state index in [1.54, 1.807) is 7.11 Å². The Hall–Kier alpha value is -1.28. The van der Waals surface area contributed by atoms with E-state index >= 15 is 0 Å². The monoisotopic (exact) mass is 246 g/mol. The van der Waals surface area contributed by atoms with Crippen LogP contribution in [0.2, 0.25) is 0 Å². The molecule has 1 aromatic carbocycles. The van der Waals surface area contributed by atoms with Gasteiger partial charge in [-0.1, -0.05) is 19.1 Å². The number of fused-ring (bicyclic) bond motifs is 1. The molecule has 1 aliphatic carbocycles. The molecule has 0 fully saturated rings. The quantitative estimate of drug-likeness (QED) is 0.885. The highest BCUT2D eigenvalue weighted by Crippen LogP contribution is 2.38. The number of aliphatic hydroxyl groups is 1. The van der Waals surface area contributed by atoms with Gasteiger partial charge < -0.3 is 9.84 Å². The molecule has 0 amide bonds. The van der Waals surface area contributed by atoms with Crippen molar-refractivity contribution in [3.05, 3.63) is 35.4 Å².